The molecule has 0 N–H and O–H groups in total. The number of hydrogen-bond acceptors (Lipinski definition) is 0. The monoisotopic (exact) mass is 822 g/mol. The zero-order chi connectivity index (χ0) is 0. The van der Waals surface area contributed by atoms with E-state index in [1.165, 1.54) is 0 Å². The van der Waals surface area contributed by atoms with Crippen LogP contribution >= 0.6 is 0 Å². The van der Waals surface area contributed by atoms with Gasteiger partial charge in [0.25, 0.3) is 0 Å². The van der Waals surface area contributed by atoms with Crippen LogP contribution in [0.4, 0.5) is 0 Å². The summed E-state index contributed by atoms with van der Waals surface area (Å²) in [6.45, 7) is 0. The van der Waals surface area contributed by atoms with Gasteiger partial charge in [0.15, 0.2) is 0 Å². The van der Waals surface area contributed by atoms with Crippen molar-refractivity contribution in [3.63, 3.8) is 0 Å². The summed E-state index contributed by atoms with van der Waals surface area (Å²) in [7, 11) is 0. The molecule has 0 amide bonds. The van der Waals surface area contributed by atoms with Gasteiger partial charge in [0, 0.05) is 0 Å². The second-order valence-electron chi connectivity index (χ2n) is 0. The summed E-state index contributed by atoms with van der Waals surface area (Å²) in [4.78, 5) is 0. The zero-order valence-electron chi connectivity index (χ0n) is 6.91. The van der Waals surface area contributed by atoms with Crippen LogP contribution in [-0.4, -0.2) is 52.4 Å². The summed E-state index contributed by atoms with van der Waals surface area (Å²) in [6, 6.07) is 0. The summed E-state index contributed by atoms with van der Waals surface area (Å²) < 4.78 is 0. The summed E-state index contributed by atoms with van der Waals surface area (Å²) in [6.07, 6.45) is 0. The molecule has 0 aliphatic heterocycles. The largest absolute Gasteiger partial charge is 3.00 e. The van der Waals surface area contributed by atoms with Gasteiger partial charge in [-0.2, -0.15) is 0 Å². The van der Waals surface area contributed by atoms with Crippen LogP contribution in [-0.2, 0) is 38.3 Å². The van der Waals surface area contributed by atoms with Crippen molar-refractivity contribution < 1.29 is 147 Å². The maximum atomic E-state index is 0. The minimum Gasteiger partial charge on any atom is -2.00 e. The third-order valence-electron chi connectivity index (χ3n) is 0. The van der Waals surface area contributed by atoms with Crippen LogP contribution in [0.1, 0.15) is 0 Å². The van der Waals surface area contributed by atoms with E-state index < -0.39 is 0 Å². The Bertz CT molecular complexity index is 22.5. The summed E-state index contributed by atoms with van der Waals surface area (Å²) in [5.74, 6) is 0. The molecule has 0 spiro atoms. The van der Waals surface area contributed by atoms with Crippen LogP contribution in [0.3, 0.4) is 0 Å². The van der Waals surface area contributed by atoms with Crippen LogP contribution in [0.15, 0.2) is 0 Å². The van der Waals surface area contributed by atoms with Gasteiger partial charge in [-0.05, 0) is 0 Å². The van der Waals surface area contributed by atoms with Crippen molar-refractivity contribution in [2.45, 2.75) is 0 Å². The van der Waals surface area contributed by atoms with E-state index in [4.69, 9.17) is 0 Å². The van der Waals surface area contributed by atoms with Crippen molar-refractivity contribution in [2.24, 2.45) is 0 Å². The van der Waals surface area contributed by atoms with E-state index >= 15 is 0 Å². The van der Waals surface area contributed by atoms with E-state index in [0.717, 1.165) is 0 Å². The molecular formula is Bi2La2Li2O7. The van der Waals surface area contributed by atoms with E-state index in [9.17, 15) is 0 Å². The van der Waals surface area contributed by atoms with Crippen LogP contribution < -0.4 is 37.7 Å². The van der Waals surface area contributed by atoms with Crippen molar-refractivity contribution in [3.05, 3.63) is 0 Å². The maximum Gasteiger partial charge on any atom is 3.00 e. The van der Waals surface area contributed by atoms with Gasteiger partial charge in [-0.1, -0.05) is 0 Å². The van der Waals surface area contributed by atoms with Crippen LogP contribution in [0, 0.1) is 71.2 Å². The summed E-state index contributed by atoms with van der Waals surface area (Å²) >= 11 is 0. The Morgan fingerprint density at radius 1 is 0.308 bits per heavy atom. The van der Waals surface area contributed by atoms with Gasteiger partial charge >= 0.3 is 161 Å². The predicted octanol–water partition coefficient (Wildman–Crippen LogP) is -7.59. The van der Waals surface area contributed by atoms with Crippen molar-refractivity contribution >= 4 is 52.4 Å². The molecule has 60 valence electrons. The molecular weight excluding hydrogens is 822 g/mol. The molecule has 13 heteroatoms. The molecule has 0 aliphatic carbocycles. The van der Waals surface area contributed by atoms with Crippen molar-refractivity contribution in [3.8, 4) is 0 Å². The SMILES string of the molecule is [Bi+3].[Bi+3].[La+3].[La+3].[Li+].[Li+].[O-2].[O-2].[O-2].[O-2].[O-2].[O-2].[O-2]. The molecule has 0 aromatic carbocycles. The zero-order valence-corrected chi connectivity index (χ0v) is 21.1. The first kappa shape index (κ1) is 205. The van der Waals surface area contributed by atoms with Gasteiger partial charge in [0.05, 0.1) is 0 Å². The average molecular weight is 822 g/mol. The van der Waals surface area contributed by atoms with Crippen molar-refractivity contribution in [1.29, 1.82) is 0 Å². The van der Waals surface area contributed by atoms with Gasteiger partial charge in [-0.3, -0.25) is 0 Å². The minimum absolute atomic E-state index is 0. The average Bonchev–Trinajstić information content (AvgIpc) is 0. The van der Waals surface area contributed by atoms with E-state index in [-0.39, 0.29) is 200 Å². The molecule has 0 saturated heterocycles. The first-order valence-corrected chi connectivity index (χ1v) is 0. The Kier molecular flexibility index (Phi) is 2700. The fourth-order valence-electron chi connectivity index (χ4n) is 0. The molecule has 13 heavy (non-hydrogen) atoms. The molecule has 0 unspecified atom stereocenters. The quantitative estimate of drug-likeness (QED) is 0.210. The number of rotatable bonds is 0. The molecule has 7 nitrogen and oxygen atoms in total. The first-order valence-electron chi connectivity index (χ1n) is 0. The molecule has 0 saturated carbocycles. The van der Waals surface area contributed by atoms with Gasteiger partial charge in [0.2, 0.25) is 0 Å². The number of hydrogen-bond donors (Lipinski definition) is 0. The van der Waals surface area contributed by atoms with Crippen molar-refractivity contribution in [1.82, 2.24) is 0 Å². The Morgan fingerprint density at radius 2 is 0.308 bits per heavy atom. The molecule has 0 bridgehead atoms. The molecule has 0 heterocycles. The van der Waals surface area contributed by atoms with Crippen LogP contribution in [0.25, 0.3) is 0 Å². The van der Waals surface area contributed by atoms with E-state index in [2.05, 4.69) is 0 Å². The van der Waals surface area contributed by atoms with E-state index in [1.807, 2.05) is 0 Å². The minimum atomic E-state index is 0. The van der Waals surface area contributed by atoms with Crippen LogP contribution in [0.2, 0.25) is 0 Å². The molecule has 0 aromatic rings. The molecule has 0 aromatic heterocycles. The molecule has 0 rings (SSSR count). The first-order chi connectivity index (χ1) is 0. The fraction of sp³-hybridized carbons (Fsp3) is 0. The summed E-state index contributed by atoms with van der Waals surface area (Å²) in [5, 5.41) is 0. The standard InChI is InChI=1S/2Bi.2La.2Li.7O/q4*+3;2*+1;7*-2. The normalized spacial score (nSPS) is 0. The fourth-order valence-corrected chi connectivity index (χ4v) is 0. The van der Waals surface area contributed by atoms with Gasteiger partial charge in [-0.25, -0.2) is 0 Å². The van der Waals surface area contributed by atoms with E-state index in [1.54, 1.807) is 0 Å². The van der Waals surface area contributed by atoms with Gasteiger partial charge in [-0.15, -0.1) is 0 Å². The predicted molar refractivity (Wildman–Crippen MR) is 16.3 cm³/mol. The van der Waals surface area contributed by atoms with Gasteiger partial charge < -0.3 is 38.3 Å². The Hall–Kier alpha value is 5.07. The Morgan fingerprint density at radius 3 is 0.308 bits per heavy atom. The van der Waals surface area contributed by atoms with Crippen LogP contribution in [0.5, 0.6) is 0 Å². The third-order valence-corrected chi connectivity index (χ3v) is 0. The maximum absolute atomic E-state index is 0. The molecule has 0 atom stereocenters. The van der Waals surface area contributed by atoms with Gasteiger partial charge in [0.1, 0.15) is 0 Å². The molecule has 0 fully saturated rings. The topological polar surface area (TPSA) is 200 Å². The van der Waals surface area contributed by atoms with Crippen molar-refractivity contribution in [2.75, 3.05) is 0 Å². The second kappa shape index (κ2) is 171. The molecule has 0 aliphatic rings. The Labute approximate surface area is 195 Å². The third kappa shape index (κ3) is 151. The second-order valence-corrected chi connectivity index (χ2v) is 0. The molecule has 4 radical (unpaired) electrons. The Balaban J connectivity index is 0. The smallest absolute Gasteiger partial charge is 2.00 e. The summed E-state index contributed by atoms with van der Waals surface area (Å²) in [5.41, 5.74) is 0. The van der Waals surface area contributed by atoms with E-state index in [0.29, 0.717) is 0 Å².